The number of carbonyl (C=O) groups excluding carboxylic acids is 1. The van der Waals surface area contributed by atoms with Crippen LogP contribution in [0.15, 0.2) is 18.2 Å². The van der Waals surface area contributed by atoms with E-state index in [4.69, 9.17) is 11.0 Å². The summed E-state index contributed by atoms with van der Waals surface area (Å²) >= 11 is 0. The SMILES string of the molecule is N#Cc1ccc(CCCNCC(N)=O)cc1O. The second-order valence-corrected chi connectivity index (χ2v) is 3.71. The van der Waals surface area contributed by atoms with Crippen molar-refractivity contribution in [3.63, 3.8) is 0 Å². The molecule has 0 aromatic heterocycles. The lowest BCUT2D eigenvalue weighted by Crippen LogP contribution is -2.29. The van der Waals surface area contributed by atoms with Gasteiger partial charge in [0.2, 0.25) is 5.91 Å². The normalized spacial score (nSPS) is 9.82. The summed E-state index contributed by atoms with van der Waals surface area (Å²) in [6.45, 7) is 0.863. The fraction of sp³-hybridized carbons (Fsp3) is 0.333. The van der Waals surface area contributed by atoms with Gasteiger partial charge in [0.1, 0.15) is 11.8 Å². The standard InChI is InChI=1S/C12H15N3O2/c13-7-10-4-3-9(6-11(10)16)2-1-5-15-8-12(14)17/h3-4,6,15-16H,1-2,5,8H2,(H2,14,17). The number of rotatable bonds is 6. The highest BCUT2D eigenvalue weighted by Crippen LogP contribution is 2.18. The molecule has 1 aromatic carbocycles. The zero-order valence-corrected chi connectivity index (χ0v) is 9.44. The van der Waals surface area contributed by atoms with Crippen molar-refractivity contribution in [2.45, 2.75) is 12.8 Å². The molecule has 0 fully saturated rings. The van der Waals surface area contributed by atoms with Gasteiger partial charge >= 0.3 is 0 Å². The number of carbonyl (C=O) groups is 1. The summed E-state index contributed by atoms with van der Waals surface area (Å²) in [6.07, 6.45) is 1.60. The summed E-state index contributed by atoms with van der Waals surface area (Å²) < 4.78 is 0. The Hall–Kier alpha value is -2.06. The van der Waals surface area contributed by atoms with E-state index < -0.39 is 0 Å². The van der Waals surface area contributed by atoms with Gasteiger partial charge in [-0.05, 0) is 37.1 Å². The molecule has 4 N–H and O–H groups in total. The van der Waals surface area contributed by atoms with Crippen molar-refractivity contribution in [2.75, 3.05) is 13.1 Å². The Labute approximate surface area is 99.9 Å². The first-order valence-corrected chi connectivity index (χ1v) is 5.34. The van der Waals surface area contributed by atoms with Gasteiger partial charge in [-0.2, -0.15) is 5.26 Å². The first kappa shape index (κ1) is 13.0. The average molecular weight is 233 g/mol. The number of nitrogens with one attached hydrogen (secondary N) is 1. The number of aromatic hydroxyl groups is 1. The number of aryl methyl sites for hydroxylation is 1. The maximum absolute atomic E-state index is 10.4. The summed E-state index contributed by atoms with van der Waals surface area (Å²) in [4.78, 5) is 10.4. The predicted molar refractivity (Wildman–Crippen MR) is 63.2 cm³/mol. The predicted octanol–water partition coefficient (Wildman–Crippen LogP) is 0.271. The molecule has 1 amide bonds. The molecule has 0 unspecified atom stereocenters. The minimum atomic E-state index is -0.374. The molecule has 0 atom stereocenters. The van der Waals surface area contributed by atoms with Gasteiger partial charge in [-0.15, -0.1) is 0 Å². The number of benzene rings is 1. The quantitative estimate of drug-likeness (QED) is 0.614. The Balaban J connectivity index is 2.35. The van der Waals surface area contributed by atoms with Crippen LogP contribution in [0.3, 0.4) is 0 Å². The van der Waals surface area contributed by atoms with Crippen LogP contribution in [0.5, 0.6) is 5.75 Å². The number of phenolic OH excluding ortho intramolecular Hbond substituents is 1. The monoisotopic (exact) mass is 233 g/mol. The van der Waals surface area contributed by atoms with E-state index >= 15 is 0 Å². The number of hydrogen-bond donors (Lipinski definition) is 3. The van der Waals surface area contributed by atoms with Gasteiger partial charge in [0.15, 0.2) is 0 Å². The van der Waals surface area contributed by atoms with E-state index in [2.05, 4.69) is 5.32 Å². The molecule has 1 aromatic rings. The van der Waals surface area contributed by atoms with Gasteiger partial charge in [0.05, 0.1) is 12.1 Å². The van der Waals surface area contributed by atoms with Gasteiger partial charge < -0.3 is 16.2 Å². The van der Waals surface area contributed by atoms with E-state index in [-0.39, 0.29) is 23.8 Å². The molecule has 5 nitrogen and oxygen atoms in total. The third kappa shape index (κ3) is 4.53. The van der Waals surface area contributed by atoms with Crippen molar-refractivity contribution >= 4 is 5.91 Å². The summed E-state index contributed by atoms with van der Waals surface area (Å²) in [5.41, 5.74) is 6.21. The Bertz CT molecular complexity index is 438. The third-order valence-corrected chi connectivity index (χ3v) is 2.30. The van der Waals surface area contributed by atoms with Crippen LogP contribution in [0.2, 0.25) is 0 Å². The number of nitrogens with zero attached hydrogens (tertiary/aromatic N) is 1. The van der Waals surface area contributed by atoms with Crippen LogP contribution >= 0.6 is 0 Å². The number of primary amides is 1. The van der Waals surface area contributed by atoms with Crippen LogP contribution in [0, 0.1) is 11.3 Å². The molecule has 0 heterocycles. The van der Waals surface area contributed by atoms with E-state index in [1.807, 2.05) is 12.1 Å². The lowest BCUT2D eigenvalue weighted by Gasteiger charge is -2.04. The van der Waals surface area contributed by atoms with E-state index in [0.717, 1.165) is 18.4 Å². The minimum absolute atomic E-state index is 0.00935. The Kier molecular flexibility index (Phi) is 4.98. The summed E-state index contributed by atoms with van der Waals surface area (Å²) in [6, 6.07) is 6.90. The maximum Gasteiger partial charge on any atom is 0.231 e. The van der Waals surface area contributed by atoms with Crippen molar-refractivity contribution in [3.8, 4) is 11.8 Å². The minimum Gasteiger partial charge on any atom is -0.507 e. The van der Waals surface area contributed by atoms with Gasteiger partial charge in [-0.25, -0.2) is 0 Å². The Morgan fingerprint density at radius 1 is 1.53 bits per heavy atom. The van der Waals surface area contributed by atoms with Gasteiger partial charge in [0, 0.05) is 0 Å². The molecule has 0 spiro atoms. The second-order valence-electron chi connectivity index (χ2n) is 3.71. The molecule has 0 saturated heterocycles. The highest BCUT2D eigenvalue weighted by atomic mass is 16.3. The van der Waals surface area contributed by atoms with E-state index in [1.165, 1.54) is 0 Å². The molecule has 0 aliphatic rings. The van der Waals surface area contributed by atoms with Crippen molar-refractivity contribution in [3.05, 3.63) is 29.3 Å². The summed E-state index contributed by atoms with van der Waals surface area (Å²) in [5, 5.41) is 21.0. The molecule has 0 radical (unpaired) electrons. The number of hydrogen-bond acceptors (Lipinski definition) is 4. The van der Waals surface area contributed by atoms with Crippen molar-refractivity contribution in [1.82, 2.24) is 5.32 Å². The van der Waals surface area contributed by atoms with Crippen LogP contribution in [0.25, 0.3) is 0 Å². The average Bonchev–Trinajstić information content (AvgIpc) is 2.28. The Morgan fingerprint density at radius 2 is 2.29 bits per heavy atom. The molecule has 0 bridgehead atoms. The molecule has 1 rings (SSSR count). The molecule has 17 heavy (non-hydrogen) atoms. The van der Waals surface area contributed by atoms with E-state index in [1.54, 1.807) is 12.1 Å². The highest BCUT2D eigenvalue weighted by molar-refractivity contribution is 5.75. The van der Waals surface area contributed by atoms with Crippen LogP contribution < -0.4 is 11.1 Å². The van der Waals surface area contributed by atoms with E-state index in [9.17, 15) is 9.90 Å². The smallest absolute Gasteiger partial charge is 0.231 e. The number of nitrogens with two attached hydrogens (primary N) is 1. The summed E-state index contributed by atoms with van der Waals surface area (Å²) in [5.74, 6) is -0.365. The first-order chi connectivity index (χ1) is 8.13. The lowest BCUT2D eigenvalue weighted by atomic mass is 10.1. The zero-order chi connectivity index (χ0) is 12.7. The molecule has 5 heteroatoms. The molecule has 0 aliphatic heterocycles. The highest BCUT2D eigenvalue weighted by Gasteiger charge is 2.01. The van der Waals surface area contributed by atoms with Crippen LogP contribution in [-0.4, -0.2) is 24.1 Å². The van der Waals surface area contributed by atoms with Crippen LogP contribution in [0.1, 0.15) is 17.5 Å². The molecule has 0 saturated carbocycles. The van der Waals surface area contributed by atoms with Crippen molar-refractivity contribution in [1.29, 1.82) is 5.26 Å². The van der Waals surface area contributed by atoms with Gasteiger partial charge in [0.25, 0.3) is 0 Å². The van der Waals surface area contributed by atoms with Crippen LogP contribution in [0.4, 0.5) is 0 Å². The number of nitriles is 1. The lowest BCUT2D eigenvalue weighted by molar-refractivity contribution is -0.117. The van der Waals surface area contributed by atoms with Crippen LogP contribution in [-0.2, 0) is 11.2 Å². The van der Waals surface area contributed by atoms with E-state index in [0.29, 0.717) is 6.54 Å². The van der Waals surface area contributed by atoms with Gasteiger partial charge in [-0.1, -0.05) is 6.07 Å². The molecule has 0 aliphatic carbocycles. The van der Waals surface area contributed by atoms with Crippen molar-refractivity contribution < 1.29 is 9.90 Å². The third-order valence-electron chi connectivity index (χ3n) is 2.30. The topological polar surface area (TPSA) is 99.1 Å². The second kappa shape index (κ2) is 6.51. The first-order valence-electron chi connectivity index (χ1n) is 5.34. The maximum atomic E-state index is 10.4. The zero-order valence-electron chi connectivity index (χ0n) is 9.44. The van der Waals surface area contributed by atoms with Crippen molar-refractivity contribution in [2.24, 2.45) is 5.73 Å². The molecular weight excluding hydrogens is 218 g/mol. The number of phenols is 1. The molecule has 90 valence electrons. The number of amides is 1. The van der Waals surface area contributed by atoms with Gasteiger partial charge in [-0.3, -0.25) is 4.79 Å². The fourth-order valence-electron chi connectivity index (χ4n) is 1.46. The Morgan fingerprint density at radius 3 is 2.88 bits per heavy atom. The largest absolute Gasteiger partial charge is 0.507 e. The fourth-order valence-corrected chi connectivity index (χ4v) is 1.46. The summed E-state index contributed by atoms with van der Waals surface area (Å²) in [7, 11) is 0. The molecular formula is C12H15N3O2.